The SMILES string of the molecule is C(C1CCCCC1)=P(c1ccccc1)(c1ccccc1)c1ccccc1. The van der Waals surface area contributed by atoms with Crippen LogP contribution in [-0.2, 0) is 0 Å². The number of hydrogen-bond acceptors (Lipinski definition) is 0. The highest BCUT2D eigenvalue weighted by molar-refractivity contribution is 7.94. The molecule has 0 radical (unpaired) electrons. The molecule has 4 rings (SSSR count). The van der Waals surface area contributed by atoms with Crippen LogP contribution in [0.25, 0.3) is 0 Å². The van der Waals surface area contributed by atoms with Gasteiger partial charge in [-0.15, -0.1) is 0 Å². The largest absolute Gasteiger partial charge is 0.0711 e. The van der Waals surface area contributed by atoms with Crippen molar-refractivity contribution in [2.75, 3.05) is 0 Å². The quantitative estimate of drug-likeness (QED) is 0.551. The fraction of sp³-hybridized carbons (Fsp3) is 0.240. The van der Waals surface area contributed by atoms with Crippen LogP contribution in [0, 0.1) is 5.92 Å². The van der Waals surface area contributed by atoms with E-state index in [1.165, 1.54) is 48.0 Å². The maximum atomic E-state index is 2.77. The van der Waals surface area contributed by atoms with Gasteiger partial charge in [-0.2, -0.15) is 0 Å². The van der Waals surface area contributed by atoms with Crippen LogP contribution < -0.4 is 15.9 Å². The lowest BCUT2D eigenvalue weighted by Gasteiger charge is -2.32. The van der Waals surface area contributed by atoms with Crippen LogP contribution in [0.2, 0.25) is 0 Å². The van der Waals surface area contributed by atoms with E-state index in [2.05, 4.69) is 96.8 Å². The molecule has 0 atom stereocenters. The van der Waals surface area contributed by atoms with E-state index in [0.717, 1.165) is 5.92 Å². The van der Waals surface area contributed by atoms with Gasteiger partial charge in [0.05, 0.1) is 0 Å². The van der Waals surface area contributed by atoms with Crippen molar-refractivity contribution in [3.05, 3.63) is 91.0 Å². The first-order chi connectivity index (χ1) is 12.9. The molecule has 132 valence electrons. The van der Waals surface area contributed by atoms with Gasteiger partial charge < -0.3 is 0 Å². The first-order valence-electron chi connectivity index (χ1n) is 9.81. The van der Waals surface area contributed by atoms with Crippen LogP contribution in [0.5, 0.6) is 0 Å². The van der Waals surface area contributed by atoms with Gasteiger partial charge in [0.2, 0.25) is 0 Å². The Labute approximate surface area is 157 Å². The Morgan fingerprint density at radius 2 is 0.923 bits per heavy atom. The smallest absolute Gasteiger partial charge is 0.0163 e. The molecular weight excluding hydrogens is 331 g/mol. The first kappa shape index (κ1) is 17.4. The molecule has 1 fully saturated rings. The zero-order valence-electron chi connectivity index (χ0n) is 15.3. The molecule has 3 aromatic carbocycles. The molecule has 0 bridgehead atoms. The Hall–Kier alpha value is -2.04. The summed E-state index contributed by atoms with van der Waals surface area (Å²) >= 11 is 0. The highest BCUT2D eigenvalue weighted by Crippen LogP contribution is 2.45. The Bertz CT molecular complexity index is 756. The third kappa shape index (κ3) is 3.44. The van der Waals surface area contributed by atoms with Gasteiger partial charge in [0.25, 0.3) is 0 Å². The fourth-order valence-corrected chi connectivity index (χ4v) is 8.56. The molecule has 0 saturated heterocycles. The Kier molecular flexibility index (Phi) is 5.42. The van der Waals surface area contributed by atoms with Crippen LogP contribution in [0.3, 0.4) is 0 Å². The van der Waals surface area contributed by atoms with Crippen molar-refractivity contribution in [1.29, 1.82) is 0 Å². The van der Waals surface area contributed by atoms with Gasteiger partial charge in [-0.1, -0.05) is 116 Å². The van der Waals surface area contributed by atoms with E-state index in [1.807, 2.05) is 0 Å². The molecule has 0 nitrogen and oxygen atoms in total. The van der Waals surface area contributed by atoms with Crippen molar-refractivity contribution in [2.24, 2.45) is 5.92 Å². The van der Waals surface area contributed by atoms with Crippen molar-refractivity contribution in [3.63, 3.8) is 0 Å². The molecule has 0 spiro atoms. The maximum Gasteiger partial charge on any atom is -0.0163 e. The second-order valence-corrected chi connectivity index (χ2v) is 10.6. The summed E-state index contributed by atoms with van der Waals surface area (Å²) in [4.78, 5) is 0. The van der Waals surface area contributed by atoms with Crippen molar-refractivity contribution in [1.82, 2.24) is 0 Å². The van der Waals surface area contributed by atoms with Gasteiger partial charge in [0.1, 0.15) is 0 Å². The van der Waals surface area contributed by atoms with E-state index in [4.69, 9.17) is 0 Å². The minimum Gasteiger partial charge on any atom is -0.0711 e. The van der Waals surface area contributed by atoms with E-state index in [0.29, 0.717) is 0 Å². The van der Waals surface area contributed by atoms with Crippen molar-refractivity contribution < 1.29 is 0 Å². The van der Waals surface area contributed by atoms with Gasteiger partial charge >= 0.3 is 0 Å². The van der Waals surface area contributed by atoms with Crippen molar-refractivity contribution >= 4 is 28.6 Å². The van der Waals surface area contributed by atoms with Gasteiger partial charge in [0, 0.05) is 0 Å². The number of hydrogen-bond donors (Lipinski definition) is 0. The van der Waals surface area contributed by atoms with Crippen LogP contribution in [0.15, 0.2) is 91.0 Å². The normalized spacial score (nSPS) is 15.5. The minimum atomic E-state index is -1.75. The monoisotopic (exact) mass is 358 g/mol. The maximum absolute atomic E-state index is 2.77. The summed E-state index contributed by atoms with van der Waals surface area (Å²) < 4.78 is 0. The van der Waals surface area contributed by atoms with Gasteiger partial charge in [0.15, 0.2) is 0 Å². The Balaban J connectivity index is 2.02. The molecule has 1 aliphatic rings. The Morgan fingerprint density at radius 3 is 1.31 bits per heavy atom. The molecular formula is C25H27P. The van der Waals surface area contributed by atoms with Crippen LogP contribution in [0.1, 0.15) is 32.1 Å². The molecule has 1 heteroatoms. The van der Waals surface area contributed by atoms with E-state index in [1.54, 1.807) is 0 Å². The summed E-state index contributed by atoms with van der Waals surface area (Å²) in [5.41, 5.74) is 0. The molecule has 1 saturated carbocycles. The predicted molar refractivity (Wildman–Crippen MR) is 118 cm³/mol. The van der Waals surface area contributed by atoms with Crippen LogP contribution >= 0.6 is 6.89 Å². The molecule has 1 aliphatic carbocycles. The van der Waals surface area contributed by atoms with Crippen LogP contribution in [-0.4, -0.2) is 5.80 Å². The third-order valence-electron chi connectivity index (χ3n) is 5.57. The van der Waals surface area contributed by atoms with Crippen LogP contribution in [0.4, 0.5) is 0 Å². The Morgan fingerprint density at radius 1 is 0.538 bits per heavy atom. The molecule has 0 aromatic heterocycles. The second kappa shape index (κ2) is 8.11. The van der Waals surface area contributed by atoms with Crippen molar-refractivity contribution in [3.8, 4) is 0 Å². The molecule has 0 heterocycles. The highest BCUT2D eigenvalue weighted by Gasteiger charge is 2.26. The lowest BCUT2D eigenvalue weighted by atomic mass is 9.91. The first-order valence-corrected chi connectivity index (χ1v) is 11.7. The highest BCUT2D eigenvalue weighted by atomic mass is 31.2. The standard InChI is InChI=1S/C25H27P/c1-5-13-22(14-6-1)21-26(23-15-7-2-8-16-23,24-17-9-3-10-18-24)25-19-11-4-12-20-25/h2-4,7-12,15-22H,1,5-6,13-14H2. The minimum absolute atomic E-state index is 0.720. The zero-order valence-corrected chi connectivity index (χ0v) is 16.2. The number of rotatable bonds is 4. The van der Waals surface area contributed by atoms with E-state index in [9.17, 15) is 0 Å². The lowest BCUT2D eigenvalue weighted by Crippen LogP contribution is -2.28. The molecule has 3 aromatic rings. The summed E-state index contributed by atoms with van der Waals surface area (Å²) in [6.45, 7) is -1.75. The third-order valence-corrected chi connectivity index (χ3v) is 9.78. The summed E-state index contributed by atoms with van der Waals surface area (Å²) in [6, 6.07) is 33.6. The lowest BCUT2D eigenvalue weighted by molar-refractivity contribution is 0.447. The topological polar surface area (TPSA) is 0 Å². The fourth-order valence-electron chi connectivity index (χ4n) is 4.29. The summed E-state index contributed by atoms with van der Waals surface area (Å²) in [7, 11) is 0. The molecule has 0 N–H and O–H groups in total. The second-order valence-electron chi connectivity index (χ2n) is 7.28. The zero-order chi connectivity index (χ0) is 17.7. The molecule has 26 heavy (non-hydrogen) atoms. The van der Waals surface area contributed by atoms with E-state index >= 15 is 0 Å². The average Bonchev–Trinajstić information content (AvgIpc) is 2.75. The summed E-state index contributed by atoms with van der Waals surface area (Å²) in [5, 5.41) is 4.42. The summed E-state index contributed by atoms with van der Waals surface area (Å²) in [5.74, 6) is 3.49. The average molecular weight is 358 g/mol. The van der Waals surface area contributed by atoms with Gasteiger partial charge in [-0.05, 0) is 41.6 Å². The van der Waals surface area contributed by atoms with E-state index in [-0.39, 0.29) is 0 Å². The predicted octanol–water partition coefficient (Wildman–Crippen LogP) is 5.36. The van der Waals surface area contributed by atoms with Gasteiger partial charge in [-0.3, -0.25) is 0 Å². The number of benzene rings is 3. The molecule has 0 aliphatic heterocycles. The van der Waals surface area contributed by atoms with Crippen molar-refractivity contribution in [2.45, 2.75) is 32.1 Å². The van der Waals surface area contributed by atoms with E-state index < -0.39 is 6.89 Å². The van der Waals surface area contributed by atoms with Gasteiger partial charge in [-0.25, -0.2) is 0 Å². The molecule has 0 amide bonds. The summed E-state index contributed by atoms with van der Waals surface area (Å²) in [6.07, 6.45) is 6.83. The molecule has 0 unspecified atom stereocenters.